The Morgan fingerprint density at radius 1 is 0.484 bits per heavy atom. The van der Waals surface area contributed by atoms with E-state index >= 15 is 0 Å². The van der Waals surface area contributed by atoms with Crippen molar-refractivity contribution in [1.82, 2.24) is 0 Å². The van der Waals surface area contributed by atoms with Gasteiger partial charge in [0, 0.05) is 16.7 Å². The van der Waals surface area contributed by atoms with Gasteiger partial charge in [0.05, 0.1) is 17.9 Å². The minimum Gasteiger partial charge on any atom is -0.545 e. The number of aryl methyl sites for hydroxylation is 3. The number of hydrogen-bond acceptors (Lipinski definition) is 6. The molecule has 0 N–H and O–H groups in total. The third-order valence-electron chi connectivity index (χ3n) is 4.09. The predicted molar refractivity (Wildman–Crippen MR) is 107 cm³/mol. The molecule has 7 heteroatoms. The van der Waals surface area contributed by atoms with Gasteiger partial charge in [0.15, 0.2) is 0 Å². The molecule has 3 aromatic carbocycles. The van der Waals surface area contributed by atoms with E-state index in [1.165, 1.54) is 18.2 Å². The normalized spacial score (nSPS) is 9.00. The maximum atomic E-state index is 10.3. The van der Waals surface area contributed by atoms with Gasteiger partial charge in [0.1, 0.15) is 0 Å². The summed E-state index contributed by atoms with van der Waals surface area (Å²) in [4.78, 5) is 30.9. The number of carbonyl (C=O) groups excluding carboxylic acids is 3. The van der Waals surface area contributed by atoms with E-state index in [0.29, 0.717) is 0 Å². The molecule has 0 fully saturated rings. The molecule has 0 aliphatic rings. The van der Waals surface area contributed by atoms with Gasteiger partial charge < -0.3 is 29.7 Å². The van der Waals surface area contributed by atoms with Gasteiger partial charge in [-0.3, -0.25) is 0 Å². The van der Waals surface area contributed by atoms with Gasteiger partial charge in [0.25, 0.3) is 0 Å². The standard InChI is InChI=1S/3C8H8O2.Ce/c3*1-6-4-2-3-5-7(6)8(9)10;/h3*2-5H,1H3,(H,9,10);/q;;;+3/p-3. The first kappa shape index (κ1) is 28.4. The molecule has 3 aromatic rings. The summed E-state index contributed by atoms with van der Waals surface area (Å²) >= 11 is 0. The first-order chi connectivity index (χ1) is 14.1. The van der Waals surface area contributed by atoms with Crippen molar-refractivity contribution in [2.45, 2.75) is 20.8 Å². The van der Waals surface area contributed by atoms with Crippen LogP contribution in [0.15, 0.2) is 72.8 Å². The van der Waals surface area contributed by atoms with Crippen LogP contribution in [0.25, 0.3) is 0 Å². The Hall–Kier alpha value is -2.55. The fourth-order valence-electron chi connectivity index (χ4n) is 2.41. The molecule has 0 atom stereocenters. The van der Waals surface area contributed by atoms with E-state index in [1.54, 1.807) is 75.4 Å². The van der Waals surface area contributed by atoms with Crippen LogP contribution in [0, 0.1) is 62.5 Å². The largest absolute Gasteiger partial charge is 3.00 e. The van der Waals surface area contributed by atoms with Gasteiger partial charge in [-0.1, -0.05) is 72.8 Å². The summed E-state index contributed by atoms with van der Waals surface area (Å²) < 4.78 is 0. The number of carbonyl (C=O) groups is 3. The van der Waals surface area contributed by atoms with Crippen LogP contribution in [-0.2, 0) is 0 Å². The molecule has 6 nitrogen and oxygen atoms in total. The van der Waals surface area contributed by atoms with E-state index in [-0.39, 0.29) is 58.4 Å². The first-order valence-electron chi connectivity index (χ1n) is 8.96. The fourth-order valence-corrected chi connectivity index (χ4v) is 2.41. The van der Waals surface area contributed by atoms with Gasteiger partial charge in [-0.05, 0) is 37.5 Å². The smallest absolute Gasteiger partial charge is 0.545 e. The maximum Gasteiger partial charge on any atom is 3.00 e. The number of carboxylic acid groups (broad SMARTS) is 3. The molecule has 0 saturated heterocycles. The van der Waals surface area contributed by atoms with Gasteiger partial charge in [0.2, 0.25) is 0 Å². The zero-order valence-corrected chi connectivity index (χ0v) is 20.5. The molecule has 0 unspecified atom stereocenters. The molecule has 31 heavy (non-hydrogen) atoms. The van der Waals surface area contributed by atoms with Crippen molar-refractivity contribution in [1.29, 1.82) is 0 Å². The third-order valence-corrected chi connectivity index (χ3v) is 4.09. The van der Waals surface area contributed by atoms with E-state index < -0.39 is 17.9 Å². The van der Waals surface area contributed by atoms with Crippen LogP contribution in [0.2, 0.25) is 0 Å². The minimum absolute atomic E-state index is 0. The monoisotopic (exact) mass is 545 g/mol. The van der Waals surface area contributed by atoms with Crippen LogP contribution in [0.4, 0.5) is 0 Å². The van der Waals surface area contributed by atoms with Gasteiger partial charge in [-0.15, -0.1) is 0 Å². The Balaban J connectivity index is 0.000000429. The number of carboxylic acids is 3. The molecule has 0 aliphatic carbocycles. The van der Waals surface area contributed by atoms with Crippen molar-refractivity contribution in [2.24, 2.45) is 0 Å². The van der Waals surface area contributed by atoms with E-state index in [2.05, 4.69) is 0 Å². The molecule has 0 aliphatic heterocycles. The minimum atomic E-state index is -1.11. The molecular formula is C24H21CeO6. The summed E-state index contributed by atoms with van der Waals surface area (Å²) in [5.74, 6) is -3.34. The van der Waals surface area contributed by atoms with Crippen LogP contribution in [0.1, 0.15) is 47.8 Å². The molecular weight excluding hydrogens is 524 g/mol. The molecule has 1 radical (unpaired) electrons. The molecule has 0 saturated carbocycles. The number of hydrogen-bond donors (Lipinski definition) is 0. The van der Waals surface area contributed by atoms with Crippen molar-refractivity contribution >= 4 is 17.9 Å². The topological polar surface area (TPSA) is 120 Å². The molecule has 0 spiro atoms. The van der Waals surface area contributed by atoms with Crippen molar-refractivity contribution in [3.8, 4) is 0 Å². The zero-order valence-electron chi connectivity index (χ0n) is 17.4. The number of aromatic carboxylic acids is 3. The maximum absolute atomic E-state index is 10.3. The summed E-state index contributed by atoms with van der Waals surface area (Å²) in [6.45, 7) is 5.22. The number of benzene rings is 3. The second kappa shape index (κ2) is 14.5. The SMILES string of the molecule is Cc1ccccc1C(=O)[O-].Cc1ccccc1C(=O)[O-].Cc1ccccc1C(=O)[O-].[Ce+3]. The van der Waals surface area contributed by atoms with E-state index in [1.807, 2.05) is 0 Å². The average Bonchev–Trinajstić information content (AvgIpc) is 2.69. The second-order valence-corrected chi connectivity index (χ2v) is 6.31. The van der Waals surface area contributed by atoms with E-state index in [0.717, 1.165) is 16.7 Å². The fraction of sp³-hybridized carbons (Fsp3) is 0.125. The third kappa shape index (κ3) is 9.86. The van der Waals surface area contributed by atoms with Crippen molar-refractivity contribution in [3.05, 3.63) is 106 Å². The molecule has 3 rings (SSSR count). The van der Waals surface area contributed by atoms with Crippen LogP contribution in [-0.4, -0.2) is 17.9 Å². The van der Waals surface area contributed by atoms with Gasteiger partial charge in [-0.25, -0.2) is 0 Å². The van der Waals surface area contributed by atoms with Crippen molar-refractivity contribution < 1.29 is 71.5 Å². The first-order valence-corrected chi connectivity index (χ1v) is 8.96. The van der Waals surface area contributed by atoms with E-state index in [4.69, 9.17) is 0 Å². The Bertz CT molecular complexity index is 898. The molecule has 0 amide bonds. The Morgan fingerprint density at radius 3 is 0.806 bits per heavy atom. The second-order valence-electron chi connectivity index (χ2n) is 6.31. The van der Waals surface area contributed by atoms with E-state index in [9.17, 15) is 29.7 Å². The number of rotatable bonds is 3. The summed E-state index contributed by atoms with van der Waals surface area (Å²) in [5.41, 5.74) is 3.01. The summed E-state index contributed by atoms with van der Waals surface area (Å²) in [6.07, 6.45) is 0. The van der Waals surface area contributed by atoms with Crippen LogP contribution < -0.4 is 15.3 Å². The average molecular weight is 546 g/mol. The van der Waals surface area contributed by atoms with Crippen LogP contribution >= 0.6 is 0 Å². The zero-order chi connectivity index (χ0) is 22.7. The summed E-state index contributed by atoms with van der Waals surface area (Å²) in [6, 6.07) is 20.2. The summed E-state index contributed by atoms with van der Waals surface area (Å²) in [5, 5.41) is 30.9. The van der Waals surface area contributed by atoms with Gasteiger partial charge in [-0.2, -0.15) is 0 Å². The Morgan fingerprint density at radius 2 is 0.677 bits per heavy atom. The molecule has 0 bridgehead atoms. The predicted octanol–water partition coefficient (Wildman–Crippen LogP) is 1.08. The van der Waals surface area contributed by atoms with Gasteiger partial charge >= 0.3 is 41.7 Å². The molecule has 0 aromatic heterocycles. The quantitative estimate of drug-likeness (QED) is 0.486. The Labute approximate surface area is 214 Å². The van der Waals surface area contributed by atoms with Crippen LogP contribution in [0.3, 0.4) is 0 Å². The van der Waals surface area contributed by atoms with Crippen molar-refractivity contribution in [2.75, 3.05) is 0 Å². The molecule has 0 heterocycles. The van der Waals surface area contributed by atoms with Crippen LogP contribution in [0.5, 0.6) is 0 Å². The molecule has 157 valence electrons. The Kier molecular flexibility index (Phi) is 13.3. The van der Waals surface area contributed by atoms with Crippen molar-refractivity contribution in [3.63, 3.8) is 0 Å². The summed E-state index contributed by atoms with van der Waals surface area (Å²) in [7, 11) is 0.